The Bertz CT molecular complexity index is 1160. The highest BCUT2D eigenvalue weighted by Gasteiger charge is 2.69. The lowest BCUT2D eigenvalue weighted by molar-refractivity contribution is -0.125. The van der Waals surface area contributed by atoms with E-state index in [9.17, 15) is 9.59 Å². The van der Waals surface area contributed by atoms with Crippen LogP contribution in [-0.2, 0) is 16.6 Å². The molecule has 3 aliphatic carbocycles. The summed E-state index contributed by atoms with van der Waals surface area (Å²) in [6.07, 6.45) is 13.0. The first-order valence-corrected chi connectivity index (χ1v) is 12.2. The molecule has 9 nitrogen and oxygen atoms in total. The van der Waals surface area contributed by atoms with Gasteiger partial charge in [-0.2, -0.15) is 5.10 Å². The van der Waals surface area contributed by atoms with Crippen LogP contribution in [0.4, 0.5) is 5.82 Å². The number of carbonyl (C=O) groups is 2. The number of carbonyl (C=O) groups excluding carboxylic acids is 2. The van der Waals surface area contributed by atoms with Gasteiger partial charge in [0.15, 0.2) is 0 Å². The number of nitrogens with two attached hydrogens (primary N) is 1. The highest BCUT2D eigenvalue weighted by molar-refractivity contribution is 6.43. The van der Waals surface area contributed by atoms with Crippen molar-refractivity contribution in [1.29, 1.82) is 0 Å². The molecule has 0 aromatic carbocycles. The van der Waals surface area contributed by atoms with Crippen molar-refractivity contribution in [3.63, 3.8) is 0 Å². The number of pyridine rings is 1. The molecule has 0 bridgehead atoms. The monoisotopic (exact) mass is 475 g/mol. The molecule has 2 heterocycles. The Labute approximate surface area is 205 Å². The van der Waals surface area contributed by atoms with Gasteiger partial charge in [-0.05, 0) is 92.2 Å². The van der Waals surface area contributed by atoms with E-state index in [-0.39, 0.29) is 34.3 Å². The van der Waals surface area contributed by atoms with E-state index in [1.165, 1.54) is 12.3 Å². The standard InChI is InChI=1S/C26H33N7O2/c1-16-14-30-33(3)21(16)17-4-5-19(29-15-17)31-24(35)20(32-23(34)18(28-2)6-13-27)22-25(7-8-25)11-12-26(22)9-10-26/h4-6,13-15,20,22H,7-12,27H2,1-3H3,(H,32,34)(H,29,31,35)/b13-6-,28-18?. The highest BCUT2D eigenvalue weighted by atomic mass is 16.2. The number of aliphatic imine (C=N–C) groups is 1. The maximum absolute atomic E-state index is 13.7. The summed E-state index contributed by atoms with van der Waals surface area (Å²) in [5.74, 6) is -0.0400. The second kappa shape index (κ2) is 8.62. The first-order chi connectivity index (χ1) is 16.8. The van der Waals surface area contributed by atoms with Crippen LogP contribution in [0.15, 0.2) is 41.8 Å². The minimum atomic E-state index is -0.654. The largest absolute Gasteiger partial charge is 0.405 e. The van der Waals surface area contributed by atoms with Crippen LogP contribution in [0.5, 0.6) is 0 Å². The summed E-state index contributed by atoms with van der Waals surface area (Å²) in [5, 5.41) is 10.3. The van der Waals surface area contributed by atoms with Crippen molar-refractivity contribution in [3.05, 3.63) is 42.4 Å². The summed E-state index contributed by atoms with van der Waals surface area (Å²) in [4.78, 5) is 35.3. The highest BCUT2D eigenvalue weighted by Crippen LogP contribution is 2.75. The Hall–Kier alpha value is -3.49. The molecular weight excluding hydrogens is 442 g/mol. The van der Waals surface area contributed by atoms with Gasteiger partial charge in [0.05, 0.1) is 11.9 Å². The van der Waals surface area contributed by atoms with Crippen LogP contribution in [0.3, 0.4) is 0 Å². The summed E-state index contributed by atoms with van der Waals surface area (Å²) in [7, 11) is 3.43. The molecule has 3 aliphatic rings. The molecule has 9 heteroatoms. The zero-order valence-corrected chi connectivity index (χ0v) is 20.5. The number of nitrogens with zero attached hydrogens (tertiary/aromatic N) is 4. The molecule has 0 aliphatic heterocycles. The van der Waals surface area contributed by atoms with E-state index in [4.69, 9.17) is 5.73 Å². The summed E-state index contributed by atoms with van der Waals surface area (Å²) in [5.41, 5.74) is 8.98. The molecule has 4 N–H and O–H groups in total. The average molecular weight is 476 g/mol. The van der Waals surface area contributed by atoms with Gasteiger partial charge < -0.3 is 16.4 Å². The molecule has 2 amide bonds. The molecule has 2 aromatic heterocycles. The van der Waals surface area contributed by atoms with Gasteiger partial charge >= 0.3 is 0 Å². The minimum Gasteiger partial charge on any atom is -0.405 e. The summed E-state index contributed by atoms with van der Waals surface area (Å²) in [6, 6.07) is 3.07. The molecule has 3 saturated carbocycles. The normalized spacial score (nSPS) is 20.9. The van der Waals surface area contributed by atoms with Crippen molar-refractivity contribution in [3.8, 4) is 11.3 Å². The van der Waals surface area contributed by atoms with Crippen molar-refractivity contribution < 1.29 is 9.59 Å². The van der Waals surface area contributed by atoms with Crippen LogP contribution >= 0.6 is 0 Å². The van der Waals surface area contributed by atoms with Crippen LogP contribution in [0.1, 0.15) is 44.1 Å². The van der Waals surface area contributed by atoms with Gasteiger partial charge in [-0.25, -0.2) is 4.98 Å². The molecule has 1 atom stereocenters. The molecule has 35 heavy (non-hydrogen) atoms. The van der Waals surface area contributed by atoms with Crippen molar-refractivity contribution in [1.82, 2.24) is 20.1 Å². The first kappa shape index (κ1) is 23.3. The van der Waals surface area contributed by atoms with E-state index >= 15 is 0 Å². The zero-order chi connectivity index (χ0) is 24.8. The van der Waals surface area contributed by atoms with Crippen LogP contribution in [0.2, 0.25) is 0 Å². The Balaban J connectivity index is 1.40. The van der Waals surface area contributed by atoms with Gasteiger partial charge in [0.1, 0.15) is 17.6 Å². The van der Waals surface area contributed by atoms with E-state index in [1.54, 1.807) is 19.3 Å². The third-order valence-electron chi connectivity index (χ3n) is 8.26. The number of rotatable bonds is 7. The minimum absolute atomic E-state index is 0.121. The number of hydrogen-bond donors (Lipinski definition) is 3. The molecule has 2 spiro atoms. The van der Waals surface area contributed by atoms with Gasteiger partial charge in [0, 0.05) is 25.9 Å². The molecule has 5 rings (SSSR count). The molecule has 0 saturated heterocycles. The maximum Gasteiger partial charge on any atom is 0.270 e. The Morgan fingerprint density at radius 3 is 2.31 bits per heavy atom. The lowest BCUT2D eigenvalue weighted by Crippen LogP contribution is -2.53. The van der Waals surface area contributed by atoms with Gasteiger partial charge in [-0.3, -0.25) is 19.3 Å². The van der Waals surface area contributed by atoms with Crippen molar-refractivity contribution >= 4 is 23.3 Å². The maximum atomic E-state index is 13.7. The van der Waals surface area contributed by atoms with Crippen LogP contribution in [0, 0.1) is 23.7 Å². The second-order valence-electron chi connectivity index (χ2n) is 10.3. The second-order valence-corrected chi connectivity index (χ2v) is 10.3. The average Bonchev–Trinajstić information content (AvgIpc) is 3.74. The molecule has 3 fully saturated rings. The number of aromatic nitrogens is 3. The smallest absolute Gasteiger partial charge is 0.270 e. The molecule has 2 aromatic rings. The van der Waals surface area contributed by atoms with Gasteiger partial charge in [-0.15, -0.1) is 0 Å². The number of anilines is 1. The fourth-order valence-corrected chi connectivity index (χ4v) is 6.24. The van der Waals surface area contributed by atoms with Crippen molar-refractivity contribution in [2.75, 3.05) is 12.4 Å². The van der Waals surface area contributed by atoms with E-state index in [0.29, 0.717) is 5.82 Å². The number of hydrogen-bond acceptors (Lipinski definition) is 6. The molecular formula is C26H33N7O2. The van der Waals surface area contributed by atoms with E-state index in [1.807, 2.05) is 30.9 Å². The van der Waals surface area contributed by atoms with Gasteiger partial charge in [0.2, 0.25) is 5.91 Å². The predicted molar refractivity (Wildman–Crippen MR) is 134 cm³/mol. The number of amides is 2. The quantitative estimate of drug-likeness (QED) is 0.531. The third-order valence-corrected chi connectivity index (χ3v) is 8.26. The summed E-state index contributed by atoms with van der Waals surface area (Å²) >= 11 is 0. The SMILES string of the molecule is CN=C(/C=C\N)C(=O)NC(C(=O)Nc1ccc(-c2c(C)cnn2C)cn1)C1C2(CC2)CCC12CC2. The molecule has 1 unspecified atom stereocenters. The molecule has 0 radical (unpaired) electrons. The van der Waals surface area contributed by atoms with E-state index in [2.05, 4.69) is 25.7 Å². The Morgan fingerprint density at radius 1 is 1.17 bits per heavy atom. The van der Waals surface area contributed by atoms with Gasteiger partial charge in [-0.1, -0.05) is 0 Å². The van der Waals surface area contributed by atoms with Crippen LogP contribution in [-0.4, -0.2) is 45.4 Å². The number of aryl methyl sites for hydroxylation is 2. The zero-order valence-electron chi connectivity index (χ0n) is 20.5. The third kappa shape index (κ3) is 4.13. The fraction of sp³-hybridized carbons (Fsp3) is 0.500. The van der Waals surface area contributed by atoms with Gasteiger partial charge in [0.25, 0.3) is 5.91 Å². The Kier molecular flexibility index (Phi) is 5.73. The summed E-state index contributed by atoms with van der Waals surface area (Å²) in [6.45, 7) is 2.00. The predicted octanol–water partition coefficient (Wildman–Crippen LogP) is 2.73. The molecule has 184 valence electrons. The fourth-order valence-electron chi connectivity index (χ4n) is 6.24. The summed E-state index contributed by atoms with van der Waals surface area (Å²) < 4.78 is 1.81. The van der Waals surface area contributed by atoms with Crippen molar-refractivity contribution in [2.24, 2.45) is 34.5 Å². The van der Waals surface area contributed by atoms with E-state index < -0.39 is 6.04 Å². The Morgan fingerprint density at radius 2 is 1.83 bits per heavy atom. The van der Waals surface area contributed by atoms with Crippen LogP contribution < -0.4 is 16.4 Å². The van der Waals surface area contributed by atoms with Crippen molar-refractivity contribution in [2.45, 2.75) is 51.5 Å². The topological polar surface area (TPSA) is 127 Å². The number of nitrogens with one attached hydrogen (secondary N) is 2. The van der Waals surface area contributed by atoms with E-state index in [0.717, 1.165) is 55.3 Å². The lowest BCUT2D eigenvalue weighted by atomic mass is 9.78. The van der Waals surface area contributed by atoms with Crippen LogP contribution in [0.25, 0.3) is 11.3 Å². The lowest BCUT2D eigenvalue weighted by Gasteiger charge is -2.33. The first-order valence-electron chi connectivity index (χ1n) is 12.2.